The SMILES string of the molecule is C1CCSC1.[Au+].[ClH2+]. The maximum atomic E-state index is 2.07. The van der Waals surface area contributed by atoms with Crippen LogP contribution < -0.4 is 0 Å². The number of rotatable bonds is 0. The van der Waals surface area contributed by atoms with Crippen molar-refractivity contribution in [1.82, 2.24) is 0 Å². The molecule has 0 N–H and O–H groups in total. The van der Waals surface area contributed by atoms with Crippen molar-refractivity contribution in [3.8, 4) is 0 Å². The predicted molar refractivity (Wildman–Crippen MR) is 29.3 cm³/mol. The molecule has 0 bridgehead atoms. The van der Waals surface area contributed by atoms with Crippen LogP contribution in [0.1, 0.15) is 12.8 Å². The Bertz CT molecular complexity index is 23.3. The monoisotopic (exact) mass is 322 g/mol. The van der Waals surface area contributed by atoms with Crippen LogP contribution in [0, 0.1) is 12.4 Å². The summed E-state index contributed by atoms with van der Waals surface area (Å²) < 4.78 is 0. The van der Waals surface area contributed by atoms with Crippen molar-refractivity contribution in [3.63, 3.8) is 0 Å². The van der Waals surface area contributed by atoms with Crippen LogP contribution >= 0.6 is 11.8 Å². The first-order valence-corrected chi connectivity index (χ1v) is 3.23. The zero-order chi connectivity index (χ0) is 3.54. The predicted octanol–water partition coefficient (Wildman–Crippen LogP) is 0.975. The second kappa shape index (κ2) is 7.38. The van der Waals surface area contributed by atoms with Gasteiger partial charge in [-0.05, 0) is 24.3 Å². The Balaban J connectivity index is 0. The summed E-state index contributed by atoms with van der Waals surface area (Å²) in [5, 5.41) is 0. The second-order valence-electron chi connectivity index (χ2n) is 1.32. The van der Waals surface area contributed by atoms with Crippen molar-refractivity contribution < 1.29 is 34.8 Å². The third-order valence-electron chi connectivity index (χ3n) is 0.827. The fraction of sp³-hybridized carbons (Fsp3) is 1.00. The molecule has 48 valence electrons. The number of hydrogen-bond acceptors (Lipinski definition) is 1. The van der Waals surface area contributed by atoms with Gasteiger partial charge in [0.1, 0.15) is 0 Å². The van der Waals surface area contributed by atoms with Gasteiger partial charge in [-0.15, -0.1) is 0 Å². The van der Waals surface area contributed by atoms with Crippen molar-refractivity contribution >= 4 is 11.8 Å². The van der Waals surface area contributed by atoms with Crippen LogP contribution in [-0.2, 0) is 22.4 Å². The summed E-state index contributed by atoms with van der Waals surface area (Å²) >= 11 is 2.07. The molecular weight excluding hydrogens is 313 g/mol. The van der Waals surface area contributed by atoms with Crippen molar-refractivity contribution in [3.05, 3.63) is 0 Å². The fourth-order valence-corrected chi connectivity index (χ4v) is 1.53. The molecule has 0 aromatic rings. The summed E-state index contributed by atoms with van der Waals surface area (Å²) in [7, 11) is 0. The molecule has 0 saturated carbocycles. The van der Waals surface area contributed by atoms with E-state index in [-0.39, 0.29) is 34.8 Å². The second-order valence-corrected chi connectivity index (χ2v) is 2.54. The Morgan fingerprint density at radius 3 is 1.57 bits per heavy atom. The van der Waals surface area contributed by atoms with Crippen LogP contribution in [0.5, 0.6) is 0 Å². The largest absolute Gasteiger partial charge is 1.00 e. The molecule has 1 heterocycles. The van der Waals surface area contributed by atoms with Crippen LogP contribution in [0.25, 0.3) is 0 Å². The molecule has 0 aromatic heterocycles. The van der Waals surface area contributed by atoms with Crippen molar-refractivity contribution in [2.75, 3.05) is 11.5 Å². The van der Waals surface area contributed by atoms with Gasteiger partial charge in [0.05, 0.1) is 12.4 Å². The van der Waals surface area contributed by atoms with Gasteiger partial charge in [0.2, 0.25) is 0 Å². The summed E-state index contributed by atoms with van der Waals surface area (Å²) in [6.07, 6.45) is 2.93. The minimum Gasteiger partial charge on any atom is -0.162 e. The zero-order valence-electron chi connectivity index (χ0n) is 3.99. The molecular formula is C4H10AuClS+2. The molecule has 1 rings (SSSR count). The maximum absolute atomic E-state index is 2.07. The van der Waals surface area contributed by atoms with Gasteiger partial charge in [-0.2, -0.15) is 11.8 Å². The zero-order valence-corrected chi connectivity index (χ0v) is 7.86. The molecule has 0 spiro atoms. The fourth-order valence-electron chi connectivity index (χ4n) is 0.510. The Morgan fingerprint density at radius 2 is 1.43 bits per heavy atom. The van der Waals surface area contributed by atoms with E-state index < -0.39 is 0 Å². The van der Waals surface area contributed by atoms with E-state index in [0.717, 1.165) is 0 Å². The molecule has 1 aliphatic heterocycles. The molecule has 0 radical (unpaired) electrons. The van der Waals surface area contributed by atoms with Crippen LogP contribution in [0.15, 0.2) is 0 Å². The van der Waals surface area contributed by atoms with E-state index in [4.69, 9.17) is 0 Å². The average molecular weight is 323 g/mol. The van der Waals surface area contributed by atoms with Gasteiger partial charge in [0.15, 0.2) is 0 Å². The molecule has 0 nitrogen and oxygen atoms in total. The molecule has 1 saturated heterocycles. The van der Waals surface area contributed by atoms with E-state index in [9.17, 15) is 0 Å². The van der Waals surface area contributed by atoms with Crippen molar-refractivity contribution in [2.45, 2.75) is 12.8 Å². The molecule has 0 aliphatic carbocycles. The third-order valence-corrected chi connectivity index (χ3v) is 1.98. The van der Waals surface area contributed by atoms with Crippen LogP contribution in [-0.4, -0.2) is 11.5 Å². The van der Waals surface area contributed by atoms with Crippen LogP contribution in [0.3, 0.4) is 0 Å². The quantitative estimate of drug-likeness (QED) is 0.599. The van der Waals surface area contributed by atoms with Crippen LogP contribution in [0.2, 0.25) is 0 Å². The summed E-state index contributed by atoms with van der Waals surface area (Å²) in [6.45, 7) is 0. The number of halogens is 1. The molecule has 3 heteroatoms. The van der Waals surface area contributed by atoms with E-state index in [1.54, 1.807) is 0 Å². The van der Waals surface area contributed by atoms with Gasteiger partial charge >= 0.3 is 22.4 Å². The Kier molecular flexibility index (Phi) is 11.8. The Labute approximate surface area is 70.7 Å². The van der Waals surface area contributed by atoms with E-state index >= 15 is 0 Å². The molecule has 1 fully saturated rings. The molecule has 0 aromatic carbocycles. The molecule has 1 aliphatic rings. The van der Waals surface area contributed by atoms with Gasteiger partial charge in [-0.3, -0.25) is 0 Å². The third kappa shape index (κ3) is 5.25. The van der Waals surface area contributed by atoms with E-state index in [1.807, 2.05) is 0 Å². The Morgan fingerprint density at radius 1 is 1.00 bits per heavy atom. The minimum atomic E-state index is 0. The topological polar surface area (TPSA) is 0 Å². The first kappa shape index (κ1) is 11.2. The normalized spacial score (nSPS) is 17.1. The van der Waals surface area contributed by atoms with Gasteiger partial charge in [-0.1, -0.05) is 0 Å². The van der Waals surface area contributed by atoms with Gasteiger partial charge < -0.3 is 0 Å². The van der Waals surface area contributed by atoms with Gasteiger partial charge in [0, 0.05) is 0 Å². The molecule has 0 amide bonds. The van der Waals surface area contributed by atoms with Gasteiger partial charge in [0.25, 0.3) is 0 Å². The minimum absolute atomic E-state index is 0. The first-order valence-electron chi connectivity index (χ1n) is 2.08. The standard InChI is InChI=1S/C4H8S.Au.ClH2/c1-2-4-5-3-1;;/h1-4H2;;1H2/q;2*+1. The average Bonchev–Trinajstić information content (AvgIpc) is 1.76. The Hall–Kier alpha value is 1.38. The summed E-state index contributed by atoms with van der Waals surface area (Å²) in [4.78, 5) is 0. The number of hydrogen-bond donors (Lipinski definition) is 0. The molecule has 0 unspecified atom stereocenters. The van der Waals surface area contributed by atoms with Crippen LogP contribution in [0.4, 0.5) is 0 Å². The van der Waals surface area contributed by atoms with Gasteiger partial charge in [-0.25, -0.2) is 0 Å². The first-order chi connectivity index (χ1) is 2.50. The number of thioether (sulfide) groups is 1. The molecule has 7 heavy (non-hydrogen) atoms. The summed E-state index contributed by atoms with van der Waals surface area (Å²) in [5.74, 6) is 2.83. The van der Waals surface area contributed by atoms with Crippen molar-refractivity contribution in [2.24, 2.45) is 0 Å². The smallest absolute Gasteiger partial charge is 0.162 e. The molecule has 0 atom stereocenters. The maximum Gasteiger partial charge on any atom is 1.00 e. The van der Waals surface area contributed by atoms with E-state index in [0.29, 0.717) is 0 Å². The summed E-state index contributed by atoms with van der Waals surface area (Å²) in [5.41, 5.74) is 0. The van der Waals surface area contributed by atoms with E-state index in [2.05, 4.69) is 11.8 Å². The van der Waals surface area contributed by atoms with E-state index in [1.165, 1.54) is 24.3 Å². The summed E-state index contributed by atoms with van der Waals surface area (Å²) in [6, 6.07) is 0. The van der Waals surface area contributed by atoms with Crippen molar-refractivity contribution in [1.29, 1.82) is 0 Å².